The van der Waals surface area contributed by atoms with Gasteiger partial charge in [-0.25, -0.2) is 4.98 Å². The number of benzene rings is 9. The van der Waals surface area contributed by atoms with Gasteiger partial charge in [0.05, 0.1) is 33.5 Å². The molecule has 0 amide bonds. The molecule has 0 saturated carbocycles. The number of anilines is 3. The highest BCUT2D eigenvalue weighted by Gasteiger charge is 2.27. The molecule has 0 saturated heterocycles. The molecule has 0 aliphatic heterocycles. The molecule has 0 bridgehead atoms. The lowest BCUT2D eigenvalue weighted by Crippen LogP contribution is -2.11. The molecule has 5 nitrogen and oxygen atoms in total. The molecule has 56 heavy (non-hydrogen) atoms. The summed E-state index contributed by atoms with van der Waals surface area (Å²) in [5, 5.41) is 9.02. The third-order valence-corrected chi connectivity index (χ3v) is 11.2. The number of aromatic nitrogens is 2. The van der Waals surface area contributed by atoms with Gasteiger partial charge in [-0.3, -0.25) is 0 Å². The Morgan fingerprint density at radius 2 is 1.09 bits per heavy atom. The van der Waals surface area contributed by atoms with Crippen LogP contribution in [0.25, 0.3) is 93.5 Å². The molecule has 5 heteroatoms. The van der Waals surface area contributed by atoms with E-state index in [2.05, 4.69) is 179 Å². The van der Waals surface area contributed by atoms with Crippen LogP contribution in [0, 0.1) is 0 Å². The maximum absolute atomic E-state index is 6.96. The largest absolute Gasteiger partial charge is 0.456 e. The fraction of sp³-hybridized carbons (Fsp3) is 0. The molecule has 0 fully saturated rings. The van der Waals surface area contributed by atoms with Gasteiger partial charge in [-0.2, -0.15) is 0 Å². The summed E-state index contributed by atoms with van der Waals surface area (Å²) in [6.45, 7) is 0. The lowest BCUT2D eigenvalue weighted by Gasteiger charge is -2.28. The monoisotopic (exact) mass is 717 g/mol. The number of rotatable bonds is 5. The van der Waals surface area contributed by atoms with Crippen molar-refractivity contribution in [1.82, 2.24) is 9.55 Å². The van der Waals surface area contributed by atoms with E-state index in [9.17, 15) is 0 Å². The van der Waals surface area contributed by atoms with Crippen molar-refractivity contribution in [1.29, 1.82) is 0 Å². The molecule has 0 aliphatic rings. The number of fused-ring (bicyclic) bond motifs is 10. The van der Waals surface area contributed by atoms with E-state index in [0.29, 0.717) is 11.5 Å². The lowest BCUT2D eigenvalue weighted by atomic mass is 10.00. The molecule has 0 unspecified atom stereocenters. The maximum atomic E-state index is 6.96. The smallest absolute Gasteiger partial charge is 0.228 e. The van der Waals surface area contributed by atoms with Crippen molar-refractivity contribution < 1.29 is 8.83 Å². The number of hydrogen-bond acceptors (Lipinski definition) is 4. The number of para-hydroxylation sites is 4. The van der Waals surface area contributed by atoms with Gasteiger partial charge in [0.1, 0.15) is 16.7 Å². The Morgan fingerprint density at radius 3 is 1.98 bits per heavy atom. The molecular formula is C51H31N3O2. The van der Waals surface area contributed by atoms with E-state index in [1.54, 1.807) is 0 Å². The first-order chi connectivity index (χ1) is 27.8. The SMILES string of the molecule is c1ccc(-n2c3ccccc3c3c4ccccc4c(N(c4cccc5nc(-c6cccc7ccccc67)oc45)c4cccc5oc6ccccc6c45)cc32)cc1. The van der Waals surface area contributed by atoms with Crippen molar-refractivity contribution in [3.8, 4) is 17.1 Å². The number of oxazole rings is 1. The van der Waals surface area contributed by atoms with Crippen LogP contribution in [-0.4, -0.2) is 9.55 Å². The third-order valence-electron chi connectivity index (χ3n) is 11.2. The van der Waals surface area contributed by atoms with E-state index in [1.807, 2.05) is 18.2 Å². The molecule has 0 spiro atoms. The fourth-order valence-electron chi connectivity index (χ4n) is 8.82. The zero-order chi connectivity index (χ0) is 36.7. The third kappa shape index (κ3) is 4.46. The molecule has 3 heterocycles. The van der Waals surface area contributed by atoms with E-state index >= 15 is 0 Å². The lowest BCUT2D eigenvalue weighted by molar-refractivity contribution is 0.621. The summed E-state index contributed by atoms with van der Waals surface area (Å²) in [4.78, 5) is 7.51. The highest BCUT2D eigenvalue weighted by atomic mass is 16.3. The van der Waals surface area contributed by atoms with Crippen molar-refractivity contribution in [3.63, 3.8) is 0 Å². The predicted molar refractivity (Wildman–Crippen MR) is 231 cm³/mol. The van der Waals surface area contributed by atoms with Crippen LogP contribution < -0.4 is 4.90 Å². The molecular weight excluding hydrogens is 687 g/mol. The van der Waals surface area contributed by atoms with Gasteiger partial charge in [0.25, 0.3) is 0 Å². The maximum Gasteiger partial charge on any atom is 0.228 e. The van der Waals surface area contributed by atoms with E-state index in [-0.39, 0.29) is 0 Å². The first kappa shape index (κ1) is 30.8. The zero-order valence-electron chi connectivity index (χ0n) is 30.1. The number of furan rings is 1. The van der Waals surface area contributed by atoms with Crippen molar-refractivity contribution in [2.75, 3.05) is 4.90 Å². The zero-order valence-corrected chi connectivity index (χ0v) is 30.1. The normalized spacial score (nSPS) is 11.9. The summed E-state index contributed by atoms with van der Waals surface area (Å²) >= 11 is 0. The van der Waals surface area contributed by atoms with Crippen molar-refractivity contribution in [2.45, 2.75) is 0 Å². The topological polar surface area (TPSA) is 47.3 Å². The minimum absolute atomic E-state index is 0.584. The van der Waals surface area contributed by atoms with Crippen LogP contribution in [0.5, 0.6) is 0 Å². The Labute approximate surface area is 320 Å². The summed E-state index contributed by atoms with van der Waals surface area (Å²) < 4.78 is 15.9. The van der Waals surface area contributed by atoms with Crippen molar-refractivity contribution in [3.05, 3.63) is 188 Å². The summed E-state index contributed by atoms with van der Waals surface area (Å²) in [7, 11) is 0. The van der Waals surface area contributed by atoms with Gasteiger partial charge in [0.2, 0.25) is 5.89 Å². The first-order valence-electron chi connectivity index (χ1n) is 18.9. The molecule has 0 aliphatic carbocycles. The van der Waals surface area contributed by atoms with Gasteiger partial charge in [0.15, 0.2) is 5.58 Å². The Balaban J connectivity index is 1.23. The molecule has 9 aromatic carbocycles. The Kier molecular flexibility index (Phi) is 6.56. The minimum atomic E-state index is 0.584. The van der Waals surface area contributed by atoms with Crippen LogP contribution in [-0.2, 0) is 0 Å². The van der Waals surface area contributed by atoms with Gasteiger partial charge in [-0.15, -0.1) is 0 Å². The molecule has 0 N–H and O–H groups in total. The van der Waals surface area contributed by atoms with Gasteiger partial charge in [0, 0.05) is 32.8 Å². The van der Waals surface area contributed by atoms with Crippen LogP contribution in [0.4, 0.5) is 17.1 Å². The second-order valence-electron chi connectivity index (χ2n) is 14.3. The molecule has 0 atom stereocenters. The van der Waals surface area contributed by atoms with Crippen LogP contribution in [0.1, 0.15) is 0 Å². The molecule has 0 radical (unpaired) electrons. The van der Waals surface area contributed by atoms with E-state index in [0.717, 1.165) is 83.0 Å². The first-order valence-corrected chi connectivity index (χ1v) is 18.9. The second kappa shape index (κ2) is 11.9. The molecule has 12 aromatic rings. The summed E-state index contributed by atoms with van der Waals surface area (Å²) in [6, 6.07) is 66.0. The number of nitrogens with zero attached hydrogens (tertiary/aromatic N) is 3. The average Bonchev–Trinajstić information content (AvgIpc) is 3.96. The Bertz CT molecular complexity index is 3500. The molecule has 3 aromatic heterocycles. The second-order valence-corrected chi connectivity index (χ2v) is 14.3. The minimum Gasteiger partial charge on any atom is -0.456 e. The molecule has 12 rings (SSSR count). The summed E-state index contributed by atoms with van der Waals surface area (Å²) in [5.74, 6) is 0.584. The summed E-state index contributed by atoms with van der Waals surface area (Å²) in [5.41, 5.74) is 10.3. The quantitative estimate of drug-likeness (QED) is 0.178. The van der Waals surface area contributed by atoms with Crippen LogP contribution >= 0.6 is 0 Å². The summed E-state index contributed by atoms with van der Waals surface area (Å²) in [6.07, 6.45) is 0. The van der Waals surface area contributed by atoms with Gasteiger partial charge < -0.3 is 18.3 Å². The van der Waals surface area contributed by atoms with Crippen LogP contribution in [0.2, 0.25) is 0 Å². The average molecular weight is 718 g/mol. The van der Waals surface area contributed by atoms with E-state index in [1.165, 1.54) is 16.2 Å². The Hall–Kier alpha value is -7.63. The van der Waals surface area contributed by atoms with Gasteiger partial charge >= 0.3 is 0 Å². The molecule has 262 valence electrons. The number of hydrogen-bond donors (Lipinski definition) is 0. The van der Waals surface area contributed by atoms with Crippen LogP contribution in [0.15, 0.2) is 197 Å². The Morgan fingerprint density at radius 1 is 0.429 bits per heavy atom. The highest BCUT2D eigenvalue weighted by Crippen LogP contribution is 2.50. The van der Waals surface area contributed by atoms with Gasteiger partial charge in [-0.1, -0.05) is 127 Å². The standard InChI is InChI=1S/C51H31N3O2/c1-2-17-33(18-3-1)53-41-26-10-8-22-38(41)48-36-21-7-6-20-35(36)44(31-45(48)53)54(42-27-14-30-47-49(42)39-23-9-11-29-46(39)55-47)43-28-13-25-40-50(43)56-51(52-40)37-24-12-16-32-15-4-5-19-34(32)37/h1-31H. The van der Waals surface area contributed by atoms with E-state index < -0.39 is 0 Å². The predicted octanol–water partition coefficient (Wildman–Crippen LogP) is 14.3. The van der Waals surface area contributed by atoms with Crippen LogP contribution in [0.3, 0.4) is 0 Å². The van der Waals surface area contributed by atoms with Crippen molar-refractivity contribution in [2.24, 2.45) is 0 Å². The fourth-order valence-corrected chi connectivity index (χ4v) is 8.82. The van der Waals surface area contributed by atoms with Gasteiger partial charge in [-0.05, 0) is 76.8 Å². The van der Waals surface area contributed by atoms with E-state index in [4.69, 9.17) is 13.8 Å². The highest BCUT2D eigenvalue weighted by molar-refractivity contribution is 6.25. The van der Waals surface area contributed by atoms with Crippen molar-refractivity contribution >= 4 is 93.5 Å².